The smallest absolute Gasteiger partial charge is 0.324 e. The summed E-state index contributed by atoms with van der Waals surface area (Å²) in [5.74, 6) is -0.466. The number of rotatable bonds is 4. The van der Waals surface area contributed by atoms with E-state index in [1.807, 2.05) is 0 Å². The number of hydrogen-bond donors (Lipinski definition) is 1. The summed E-state index contributed by atoms with van der Waals surface area (Å²) in [6.07, 6.45) is 0. The molecular weight excluding hydrogens is 389 g/mol. The van der Waals surface area contributed by atoms with Gasteiger partial charge < -0.3 is 5.32 Å². The van der Waals surface area contributed by atoms with Crippen LogP contribution in [0.4, 0.5) is 5.69 Å². The maximum absolute atomic E-state index is 12.3. The van der Waals surface area contributed by atoms with E-state index in [0.717, 1.165) is 9.36 Å². The third kappa shape index (κ3) is 3.84. The fraction of sp³-hybridized carbons (Fsp3) is 0.0667. The summed E-state index contributed by atoms with van der Waals surface area (Å²) >= 11 is 17.8. The molecule has 0 atom stereocenters. The molecule has 128 valence electrons. The molecular formula is C15H10Cl3N5O2. The number of tetrazole rings is 1. The van der Waals surface area contributed by atoms with Crippen LogP contribution in [0.3, 0.4) is 0 Å². The lowest BCUT2D eigenvalue weighted by molar-refractivity contribution is -0.117. The van der Waals surface area contributed by atoms with E-state index < -0.39 is 11.6 Å². The zero-order chi connectivity index (χ0) is 18.0. The van der Waals surface area contributed by atoms with Gasteiger partial charge in [0.05, 0.1) is 20.8 Å². The highest BCUT2D eigenvalue weighted by Gasteiger charge is 2.14. The lowest BCUT2D eigenvalue weighted by Crippen LogP contribution is -2.29. The van der Waals surface area contributed by atoms with E-state index in [-0.39, 0.29) is 6.54 Å². The lowest BCUT2D eigenvalue weighted by Gasteiger charge is -2.05. The SMILES string of the molecule is O=C(Cn1nnn(-c2ccccc2Cl)c1=O)Nc1ccc(Cl)c(Cl)c1. The van der Waals surface area contributed by atoms with Crippen molar-refractivity contribution in [2.24, 2.45) is 0 Å². The van der Waals surface area contributed by atoms with Gasteiger partial charge in [0.15, 0.2) is 0 Å². The fourth-order valence-corrected chi connectivity index (χ4v) is 2.57. The van der Waals surface area contributed by atoms with Crippen molar-refractivity contribution in [1.29, 1.82) is 0 Å². The Morgan fingerprint density at radius 1 is 1.00 bits per heavy atom. The number of hydrogen-bond acceptors (Lipinski definition) is 4. The summed E-state index contributed by atoms with van der Waals surface area (Å²) in [5, 5.41) is 11.1. The number of benzene rings is 2. The Hall–Kier alpha value is -2.35. The molecule has 0 aliphatic rings. The quantitative estimate of drug-likeness (QED) is 0.732. The molecule has 1 aromatic heterocycles. The molecule has 7 nitrogen and oxygen atoms in total. The number of nitrogens with zero attached hydrogens (tertiary/aromatic N) is 4. The second-order valence-electron chi connectivity index (χ2n) is 4.96. The van der Waals surface area contributed by atoms with Gasteiger partial charge in [0.25, 0.3) is 0 Å². The van der Waals surface area contributed by atoms with Crippen molar-refractivity contribution >= 4 is 46.4 Å². The van der Waals surface area contributed by atoms with Gasteiger partial charge in [-0.1, -0.05) is 46.9 Å². The van der Waals surface area contributed by atoms with Crippen molar-refractivity contribution in [2.45, 2.75) is 6.54 Å². The molecule has 0 bridgehead atoms. The Kier molecular flexibility index (Phi) is 5.08. The number of amides is 1. The summed E-state index contributed by atoms with van der Waals surface area (Å²) in [5.41, 5.74) is 0.244. The number of anilines is 1. The van der Waals surface area contributed by atoms with Gasteiger partial charge in [-0.2, -0.15) is 9.36 Å². The summed E-state index contributed by atoms with van der Waals surface area (Å²) in [6.45, 7) is -0.316. The van der Waals surface area contributed by atoms with Crippen molar-refractivity contribution in [1.82, 2.24) is 19.8 Å². The summed E-state index contributed by atoms with van der Waals surface area (Å²) in [7, 11) is 0. The van der Waals surface area contributed by atoms with Crippen LogP contribution in [0.15, 0.2) is 47.3 Å². The maximum atomic E-state index is 12.3. The third-order valence-electron chi connectivity index (χ3n) is 3.22. The Balaban J connectivity index is 1.77. The number of carbonyl (C=O) groups is 1. The highest BCUT2D eigenvalue weighted by molar-refractivity contribution is 6.42. The number of halogens is 3. The van der Waals surface area contributed by atoms with Gasteiger partial charge in [0.2, 0.25) is 5.91 Å². The van der Waals surface area contributed by atoms with Crippen molar-refractivity contribution < 1.29 is 4.79 Å². The van der Waals surface area contributed by atoms with E-state index in [2.05, 4.69) is 15.7 Å². The second kappa shape index (κ2) is 7.26. The van der Waals surface area contributed by atoms with Crippen LogP contribution in [-0.2, 0) is 11.3 Å². The van der Waals surface area contributed by atoms with E-state index in [9.17, 15) is 9.59 Å². The van der Waals surface area contributed by atoms with Gasteiger partial charge in [0.1, 0.15) is 6.54 Å². The van der Waals surface area contributed by atoms with Crippen LogP contribution in [0.5, 0.6) is 0 Å². The third-order valence-corrected chi connectivity index (χ3v) is 4.28. The standard InChI is InChI=1S/C15H10Cl3N5O2/c16-10-6-5-9(7-12(10)18)19-14(24)8-22-15(25)23(21-20-22)13-4-2-1-3-11(13)17/h1-7H,8H2,(H,19,24). The molecule has 3 rings (SSSR count). The molecule has 25 heavy (non-hydrogen) atoms. The highest BCUT2D eigenvalue weighted by atomic mass is 35.5. The molecule has 1 amide bonds. The zero-order valence-corrected chi connectivity index (χ0v) is 14.8. The molecule has 1 N–H and O–H groups in total. The summed E-state index contributed by atoms with van der Waals surface area (Å²) in [4.78, 5) is 24.4. The van der Waals surface area contributed by atoms with E-state index in [0.29, 0.717) is 26.4 Å². The average molecular weight is 399 g/mol. The van der Waals surface area contributed by atoms with Crippen LogP contribution in [-0.4, -0.2) is 25.7 Å². The molecule has 0 aliphatic heterocycles. The summed E-state index contributed by atoms with van der Waals surface area (Å²) in [6, 6.07) is 11.3. The van der Waals surface area contributed by atoms with Crippen molar-refractivity contribution in [3.8, 4) is 5.69 Å². The van der Waals surface area contributed by atoms with Crippen molar-refractivity contribution in [2.75, 3.05) is 5.32 Å². The van der Waals surface area contributed by atoms with Gasteiger partial charge >= 0.3 is 5.69 Å². The van der Waals surface area contributed by atoms with Gasteiger partial charge in [-0.15, -0.1) is 0 Å². The van der Waals surface area contributed by atoms with Gasteiger partial charge in [-0.3, -0.25) is 4.79 Å². The largest absolute Gasteiger partial charge is 0.369 e. The molecule has 3 aromatic rings. The monoisotopic (exact) mass is 397 g/mol. The van der Waals surface area contributed by atoms with E-state index in [4.69, 9.17) is 34.8 Å². The number of nitrogens with one attached hydrogen (secondary N) is 1. The molecule has 0 spiro atoms. The molecule has 0 unspecified atom stereocenters. The number of aromatic nitrogens is 4. The van der Waals surface area contributed by atoms with E-state index in [1.165, 1.54) is 6.07 Å². The molecule has 0 aliphatic carbocycles. The lowest BCUT2D eigenvalue weighted by atomic mass is 10.3. The minimum absolute atomic E-state index is 0.307. The Bertz CT molecular complexity index is 999. The summed E-state index contributed by atoms with van der Waals surface area (Å²) < 4.78 is 1.95. The molecule has 10 heteroatoms. The predicted octanol–water partition coefficient (Wildman–Crippen LogP) is 3.03. The second-order valence-corrected chi connectivity index (χ2v) is 6.18. The van der Waals surface area contributed by atoms with Crippen LogP contribution >= 0.6 is 34.8 Å². The van der Waals surface area contributed by atoms with Crippen molar-refractivity contribution in [3.05, 3.63) is 68.0 Å². The molecule has 1 heterocycles. The normalized spacial score (nSPS) is 10.7. The van der Waals surface area contributed by atoms with Crippen LogP contribution in [0.25, 0.3) is 5.69 Å². The van der Waals surface area contributed by atoms with E-state index in [1.54, 1.807) is 36.4 Å². The first kappa shape index (κ1) is 17.5. The first-order valence-corrected chi connectivity index (χ1v) is 8.12. The Morgan fingerprint density at radius 2 is 1.76 bits per heavy atom. The van der Waals surface area contributed by atoms with Gasteiger partial charge in [-0.25, -0.2) is 4.79 Å². The van der Waals surface area contributed by atoms with E-state index >= 15 is 0 Å². The number of para-hydroxylation sites is 1. The van der Waals surface area contributed by atoms with Crippen LogP contribution < -0.4 is 11.0 Å². The van der Waals surface area contributed by atoms with Crippen LogP contribution in [0, 0.1) is 0 Å². The van der Waals surface area contributed by atoms with Crippen molar-refractivity contribution in [3.63, 3.8) is 0 Å². The topological polar surface area (TPSA) is 81.8 Å². The average Bonchev–Trinajstić information content (AvgIpc) is 2.92. The minimum Gasteiger partial charge on any atom is -0.324 e. The Morgan fingerprint density at radius 3 is 2.48 bits per heavy atom. The minimum atomic E-state index is -0.586. The molecule has 0 fully saturated rings. The van der Waals surface area contributed by atoms with Gasteiger partial charge in [-0.05, 0) is 40.8 Å². The zero-order valence-electron chi connectivity index (χ0n) is 12.5. The predicted molar refractivity (Wildman–Crippen MR) is 95.7 cm³/mol. The first-order chi connectivity index (χ1) is 12.0. The molecule has 0 saturated carbocycles. The fourth-order valence-electron chi connectivity index (χ4n) is 2.06. The highest BCUT2D eigenvalue weighted by Crippen LogP contribution is 2.25. The van der Waals surface area contributed by atoms with Crippen LogP contribution in [0.1, 0.15) is 0 Å². The molecule has 2 aromatic carbocycles. The number of carbonyl (C=O) groups excluding carboxylic acids is 1. The maximum Gasteiger partial charge on any atom is 0.369 e. The Labute approximate surface area is 156 Å². The molecule has 0 radical (unpaired) electrons. The molecule has 0 saturated heterocycles. The van der Waals surface area contributed by atoms with Crippen LogP contribution in [0.2, 0.25) is 15.1 Å². The first-order valence-electron chi connectivity index (χ1n) is 6.98. The van der Waals surface area contributed by atoms with Gasteiger partial charge in [0, 0.05) is 5.69 Å².